The first-order valence-electron chi connectivity index (χ1n) is 3.39. The Labute approximate surface area is 84.3 Å². The van der Waals surface area contributed by atoms with Gasteiger partial charge in [0.15, 0.2) is 0 Å². The standard InChI is InChI=1S/C8H7NS3/c9-5-1-3-11-7(5)8-6(10)2-4-12-8/h1-4,10H,9H2. The van der Waals surface area contributed by atoms with Crippen molar-refractivity contribution < 1.29 is 0 Å². The zero-order valence-corrected chi connectivity index (χ0v) is 8.68. The lowest BCUT2D eigenvalue weighted by Crippen LogP contribution is -1.81. The molecule has 12 heavy (non-hydrogen) atoms. The average Bonchev–Trinajstić information content (AvgIpc) is 2.59. The second-order valence-corrected chi connectivity index (χ2v) is 4.65. The summed E-state index contributed by atoms with van der Waals surface area (Å²) in [6.07, 6.45) is 0. The first-order valence-corrected chi connectivity index (χ1v) is 5.59. The van der Waals surface area contributed by atoms with Crippen LogP contribution in [0.1, 0.15) is 0 Å². The molecule has 0 radical (unpaired) electrons. The van der Waals surface area contributed by atoms with Gasteiger partial charge in [0, 0.05) is 4.90 Å². The van der Waals surface area contributed by atoms with Crippen molar-refractivity contribution in [3.63, 3.8) is 0 Å². The van der Waals surface area contributed by atoms with E-state index in [0.29, 0.717) is 0 Å². The second kappa shape index (κ2) is 3.12. The lowest BCUT2D eigenvalue weighted by atomic mass is 10.3. The number of nitrogen functional groups attached to an aromatic ring is 1. The summed E-state index contributed by atoms with van der Waals surface area (Å²) in [6, 6.07) is 3.91. The Hall–Kier alpha value is -0.450. The van der Waals surface area contributed by atoms with Crippen molar-refractivity contribution in [2.45, 2.75) is 4.90 Å². The van der Waals surface area contributed by atoms with E-state index in [2.05, 4.69) is 12.6 Å². The molecule has 4 heteroatoms. The Bertz CT molecular complexity index is 350. The number of rotatable bonds is 1. The van der Waals surface area contributed by atoms with Crippen LogP contribution in [0.4, 0.5) is 5.69 Å². The quantitative estimate of drug-likeness (QED) is 0.698. The van der Waals surface area contributed by atoms with Crippen LogP contribution in [-0.4, -0.2) is 0 Å². The van der Waals surface area contributed by atoms with Crippen LogP contribution >= 0.6 is 35.3 Å². The van der Waals surface area contributed by atoms with Crippen LogP contribution in [0.5, 0.6) is 0 Å². The van der Waals surface area contributed by atoms with Crippen LogP contribution < -0.4 is 5.73 Å². The van der Waals surface area contributed by atoms with Crippen molar-refractivity contribution in [1.82, 2.24) is 0 Å². The Kier molecular flexibility index (Phi) is 2.12. The van der Waals surface area contributed by atoms with E-state index >= 15 is 0 Å². The summed E-state index contributed by atoms with van der Waals surface area (Å²) in [6.45, 7) is 0. The van der Waals surface area contributed by atoms with Crippen LogP contribution in [0.15, 0.2) is 27.8 Å². The largest absolute Gasteiger partial charge is 0.398 e. The van der Waals surface area contributed by atoms with Crippen LogP contribution in [0.2, 0.25) is 0 Å². The molecule has 0 aromatic carbocycles. The van der Waals surface area contributed by atoms with Gasteiger partial charge in [0.05, 0.1) is 15.4 Å². The second-order valence-electron chi connectivity index (χ2n) is 2.34. The predicted molar refractivity (Wildman–Crippen MR) is 59.3 cm³/mol. The van der Waals surface area contributed by atoms with Crippen molar-refractivity contribution in [2.24, 2.45) is 0 Å². The summed E-state index contributed by atoms with van der Waals surface area (Å²) in [5.74, 6) is 0. The maximum absolute atomic E-state index is 5.78. The number of nitrogens with two attached hydrogens (primary N) is 1. The molecule has 0 bridgehead atoms. The van der Waals surface area contributed by atoms with E-state index in [1.165, 1.54) is 4.88 Å². The zero-order chi connectivity index (χ0) is 8.55. The predicted octanol–water partition coefficient (Wildman–Crippen LogP) is 3.35. The normalized spacial score (nSPS) is 10.4. The van der Waals surface area contributed by atoms with E-state index in [4.69, 9.17) is 5.73 Å². The van der Waals surface area contributed by atoms with Crippen molar-refractivity contribution in [1.29, 1.82) is 0 Å². The third-order valence-electron chi connectivity index (χ3n) is 1.55. The summed E-state index contributed by atoms with van der Waals surface area (Å²) in [4.78, 5) is 3.31. The van der Waals surface area contributed by atoms with E-state index in [0.717, 1.165) is 15.5 Å². The molecule has 2 heterocycles. The molecule has 0 aliphatic heterocycles. The summed E-state index contributed by atoms with van der Waals surface area (Å²) >= 11 is 7.68. The van der Waals surface area contributed by atoms with E-state index in [9.17, 15) is 0 Å². The van der Waals surface area contributed by atoms with E-state index in [1.807, 2.05) is 22.9 Å². The smallest absolute Gasteiger partial charge is 0.0683 e. The number of anilines is 1. The van der Waals surface area contributed by atoms with Gasteiger partial charge in [-0.15, -0.1) is 35.3 Å². The average molecular weight is 213 g/mol. The van der Waals surface area contributed by atoms with Gasteiger partial charge in [-0.1, -0.05) is 0 Å². The molecule has 2 N–H and O–H groups in total. The maximum Gasteiger partial charge on any atom is 0.0683 e. The molecule has 0 unspecified atom stereocenters. The third kappa shape index (κ3) is 1.26. The Morgan fingerprint density at radius 2 is 1.75 bits per heavy atom. The summed E-state index contributed by atoms with van der Waals surface area (Å²) in [5, 5.41) is 4.02. The van der Waals surface area contributed by atoms with Crippen molar-refractivity contribution in [2.75, 3.05) is 5.73 Å². The molecule has 1 nitrogen and oxygen atoms in total. The van der Waals surface area contributed by atoms with Crippen LogP contribution in [0, 0.1) is 0 Å². The molecule has 0 saturated heterocycles. The fourth-order valence-corrected chi connectivity index (χ4v) is 3.31. The first kappa shape index (κ1) is 8.16. The molecule has 0 aliphatic carbocycles. The number of thiol groups is 1. The minimum atomic E-state index is 0.845. The van der Waals surface area contributed by atoms with Gasteiger partial charge in [0.1, 0.15) is 0 Å². The fraction of sp³-hybridized carbons (Fsp3) is 0. The molecule has 0 aliphatic rings. The monoisotopic (exact) mass is 213 g/mol. The molecule has 2 rings (SSSR count). The highest BCUT2D eigenvalue weighted by molar-refractivity contribution is 7.80. The van der Waals surface area contributed by atoms with Gasteiger partial charge in [0.25, 0.3) is 0 Å². The van der Waals surface area contributed by atoms with Crippen molar-refractivity contribution in [3.05, 3.63) is 22.9 Å². The van der Waals surface area contributed by atoms with Gasteiger partial charge in [-0.3, -0.25) is 0 Å². The molecule has 0 amide bonds. The molecule has 0 atom stereocenters. The van der Waals surface area contributed by atoms with Crippen LogP contribution in [0.25, 0.3) is 9.75 Å². The van der Waals surface area contributed by atoms with Gasteiger partial charge in [-0.25, -0.2) is 0 Å². The Morgan fingerprint density at radius 3 is 2.25 bits per heavy atom. The van der Waals surface area contributed by atoms with Gasteiger partial charge in [-0.2, -0.15) is 0 Å². The number of hydrogen-bond acceptors (Lipinski definition) is 4. The summed E-state index contributed by atoms with van der Waals surface area (Å²) < 4.78 is 0. The van der Waals surface area contributed by atoms with Gasteiger partial charge < -0.3 is 5.73 Å². The first-order chi connectivity index (χ1) is 5.79. The van der Waals surface area contributed by atoms with E-state index in [-0.39, 0.29) is 0 Å². The SMILES string of the molecule is Nc1ccsc1-c1sccc1S. The third-order valence-corrected chi connectivity index (χ3v) is 4.08. The van der Waals surface area contributed by atoms with Gasteiger partial charge in [-0.05, 0) is 22.9 Å². The summed E-state index contributed by atoms with van der Waals surface area (Å²) in [5.41, 5.74) is 6.63. The van der Waals surface area contributed by atoms with E-state index in [1.54, 1.807) is 22.7 Å². The Morgan fingerprint density at radius 1 is 1.08 bits per heavy atom. The number of thiophene rings is 2. The molecular weight excluding hydrogens is 206 g/mol. The minimum Gasteiger partial charge on any atom is -0.398 e. The molecule has 0 fully saturated rings. The minimum absolute atomic E-state index is 0.845. The lowest BCUT2D eigenvalue weighted by Gasteiger charge is -1.95. The molecular formula is C8H7NS3. The van der Waals surface area contributed by atoms with Gasteiger partial charge in [0.2, 0.25) is 0 Å². The number of hydrogen-bond donors (Lipinski definition) is 2. The van der Waals surface area contributed by atoms with E-state index < -0.39 is 0 Å². The van der Waals surface area contributed by atoms with Crippen molar-refractivity contribution in [3.8, 4) is 9.75 Å². The Balaban J connectivity index is 2.57. The van der Waals surface area contributed by atoms with Gasteiger partial charge >= 0.3 is 0 Å². The zero-order valence-electron chi connectivity index (χ0n) is 6.15. The fourth-order valence-electron chi connectivity index (χ4n) is 0.976. The van der Waals surface area contributed by atoms with Crippen LogP contribution in [0.3, 0.4) is 0 Å². The lowest BCUT2D eigenvalue weighted by molar-refractivity contribution is 1.61. The van der Waals surface area contributed by atoms with Crippen molar-refractivity contribution >= 4 is 41.0 Å². The highest BCUT2D eigenvalue weighted by atomic mass is 32.1. The molecule has 62 valence electrons. The molecule has 2 aromatic rings. The topological polar surface area (TPSA) is 26.0 Å². The molecule has 2 aromatic heterocycles. The summed E-state index contributed by atoms with van der Waals surface area (Å²) in [7, 11) is 0. The van der Waals surface area contributed by atoms with Crippen LogP contribution in [-0.2, 0) is 0 Å². The highest BCUT2D eigenvalue weighted by Gasteiger charge is 2.08. The molecule has 0 spiro atoms. The maximum atomic E-state index is 5.78. The molecule has 0 saturated carbocycles. The highest BCUT2D eigenvalue weighted by Crippen LogP contribution is 2.38.